The molecule has 9 N–H and O–H groups in total. The molecule has 2 saturated heterocycles. The second-order valence-corrected chi connectivity index (χ2v) is 21.1. The van der Waals surface area contributed by atoms with Gasteiger partial charge in [-0.05, 0) is 64.2 Å². The number of carbonyl (C=O) groups excluding carboxylic acids is 1. The van der Waals surface area contributed by atoms with Crippen LogP contribution in [0.5, 0.6) is 0 Å². The van der Waals surface area contributed by atoms with Gasteiger partial charge in [0, 0.05) is 6.42 Å². The fourth-order valence-electron chi connectivity index (χ4n) is 9.55. The van der Waals surface area contributed by atoms with Crippen LogP contribution >= 0.6 is 0 Å². The maximum absolute atomic E-state index is 13.3. The van der Waals surface area contributed by atoms with Crippen molar-refractivity contribution in [2.45, 2.75) is 293 Å². The van der Waals surface area contributed by atoms with Gasteiger partial charge in [-0.2, -0.15) is 0 Å². The van der Waals surface area contributed by atoms with Crippen LogP contribution in [0.3, 0.4) is 0 Å². The Morgan fingerprint density at radius 2 is 0.908 bits per heavy atom. The topological polar surface area (TPSA) is 228 Å². The summed E-state index contributed by atoms with van der Waals surface area (Å²) in [6.07, 6.45) is 45.0. The van der Waals surface area contributed by atoms with Crippen molar-refractivity contribution in [1.82, 2.24) is 5.32 Å². The number of carbonyl (C=O) groups is 1. The van der Waals surface area contributed by atoms with Crippen molar-refractivity contribution < 1.29 is 64.6 Å². The molecular weight excluding hydrogens is 967 g/mol. The average molecular weight is 1080 g/mol. The van der Waals surface area contributed by atoms with Crippen LogP contribution in [-0.2, 0) is 23.7 Å². The quantitative estimate of drug-likeness (QED) is 0.0204. The molecule has 2 heterocycles. The Bertz CT molecular complexity index is 1550. The number of allylic oxidation sites excluding steroid dienone is 11. The van der Waals surface area contributed by atoms with Crippen molar-refractivity contribution >= 4 is 5.91 Å². The second-order valence-electron chi connectivity index (χ2n) is 21.1. The number of aliphatic hydroxyl groups is 8. The summed E-state index contributed by atoms with van der Waals surface area (Å²) in [6.45, 7) is 2.68. The number of hydrogen-bond donors (Lipinski definition) is 9. The van der Waals surface area contributed by atoms with Crippen molar-refractivity contribution in [2.75, 3.05) is 19.8 Å². The highest BCUT2D eigenvalue weighted by Crippen LogP contribution is 2.30. The third kappa shape index (κ3) is 32.5. The third-order valence-corrected chi connectivity index (χ3v) is 14.4. The van der Waals surface area contributed by atoms with Gasteiger partial charge >= 0.3 is 0 Å². The van der Waals surface area contributed by atoms with Gasteiger partial charge in [-0.15, -0.1) is 0 Å². The summed E-state index contributed by atoms with van der Waals surface area (Å²) in [7, 11) is 0. The van der Waals surface area contributed by atoms with E-state index in [2.05, 4.69) is 79.9 Å². The van der Waals surface area contributed by atoms with E-state index in [1.165, 1.54) is 116 Å². The second kappa shape index (κ2) is 47.3. The Labute approximate surface area is 459 Å². The summed E-state index contributed by atoms with van der Waals surface area (Å²) in [4.78, 5) is 13.3. The summed E-state index contributed by atoms with van der Waals surface area (Å²) in [6, 6.07) is -0.922. The molecule has 0 aromatic carbocycles. The fourth-order valence-corrected chi connectivity index (χ4v) is 9.55. The van der Waals surface area contributed by atoms with E-state index in [0.29, 0.717) is 6.42 Å². The van der Waals surface area contributed by atoms with E-state index in [-0.39, 0.29) is 18.9 Å². The minimum atomic E-state index is -1.79. The molecule has 0 radical (unpaired) electrons. The molecule has 76 heavy (non-hydrogen) atoms. The van der Waals surface area contributed by atoms with E-state index >= 15 is 0 Å². The number of ether oxygens (including phenoxy) is 4. The van der Waals surface area contributed by atoms with Crippen molar-refractivity contribution in [1.29, 1.82) is 0 Å². The number of amides is 1. The molecule has 14 nitrogen and oxygen atoms in total. The Morgan fingerprint density at radius 1 is 0.487 bits per heavy atom. The van der Waals surface area contributed by atoms with Crippen LogP contribution in [0.1, 0.15) is 219 Å². The minimum absolute atomic E-state index is 0.248. The minimum Gasteiger partial charge on any atom is -0.394 e. The molecule has 0 spiro atoms. The average Bonchev–Trinajstić information content (AvgIpc) is 3.42. The van der Waals surface area contributed by atoms with Crippen LogP contribution in [0, 0.1) is 0 Å². The van der Waals surface area contributed by atoms with Crippen LogP contribution in [-0.4, -0.2) is 140 Å². The van der Waals surface area contributed by atoms with Crippen LogP contribution < -0.4 is 5.32 Å². The van der Waals surface area contributed by atoms with Crippen molar-refractivity contribution in [3.8, 4) is 0 Å². The Kier molecular flexibility index (Phi) is 43.2. The van der Waals surface area contributed by atoms with Gasteiger partial charge in [-0.1, -0.05) is 222 Å². The van der Waals surface area contributed by atoms with Gasteiger partial charge in [0.1, 0.15) is 48.8 Å². The predicted molar refractivity (Wildman–Crippen MR) is 304 cm³/mol. The largest absolute Gasteiger partial charge is 0.394 e. The van der Waals surface area contributed by atoms with Gasteiger partial charge in [0.15, 0.2) is 12.6 Å². The zero-order chi connectivity index (χ0) is 55.3. The molecule has 440 valence electrons. The molecule has 1 amide bonds. The zero-order valence-corrected chi connectivity index (χ0v) is 47.2. The zero-order valence-electron chi connectivity index (χ0n) is 47.2. The first-order valence-corrected chi connectivity index (χ1v) is 30.2. The van der Waals surface area contributed by atoms with Gasteiger partial charge < -0.3 is 65.1 Å². The molecule has 0 aromatic heterocycles. The molecular formula is C62H109NO13. The summed E-state index contributed by atoms with van der Waals surface area (Å²) in [5.41, 5.74) is 0. The van der Waals surface area contributed by atoms with Crippen molar-refractivity contribution in [3.63, 3.8) is 0 Å². The molecule has 2 aliphatic rings. The van der Waals surface area contributed by atoms with Crippen LogP contribution in [0.25, 0.3) is 0 Å². The predicted octanol–water partition coefficient (Wildman–Crippen LogP) is 10.3. The first-order valence-electron chi connectivity index (χ1n) is 30.2. The first-order chi connectivity index (χ1) is 37.1. The monoisotopic (exact) mass is 1080 g/mol. The Balaban J connectivity index is 1.76. The van der Waals surface area contributed by atoms with E-state index in [4.69, 9.17) is 18.9 Å². The normalized spacial score (nSPS) is 25.4. The highest BCUT2D eigenvalue weighted by Gasteiger charge is 2.51. The fraction of sp³-hybridized carbons (Fsp3) is 0.790. The molecule has 0 bridgehead atoms. The maximum Gasteiger partial charge on any atom is 0.220 e. The lowest BCUT2D eigenvalue weighted by atomic mass is 9.97. The lowest BCUT2D eigenvalue weighted by Gasteiger charge is -2.46. The van der Waals surface area contributed by atoms with Gasteiger partial charge in [0.05, 0.1) is 32.0 Å². The van der Waals surface area contributed by atoms with Crippen LogP contribution in [0.15, 0.2) is 72.9 Å². The summed E-state index contributed by atoms with van der Waals surface area (Å²) in [5.74, 6) is -0.248. The molecule has 2 fully saturated rings. The van der Waals surface area contributed by atoms with Crippen molar-refractivity contribution in [3.05, 3.63) is 72.9 Å². The molecule has 2 rings (SSSR count). The molecule has 12 atom stereocenters. The number of unbranched alkanes of at least 4 members (excludes halogenated alkanes) is 24. The van der Waals surface area contributed by atoms with Crippen LogP contribution in [0.2, 0.25) is 0 Å². The van der Waals surface area contributed by atoms with Crippen molar-refractivity contribution in [2.24, 2.45) is 0 Å². The molecule has 12 unspecified atom stereocenters. The van der Waals surface area contributed by atoms with Gasteiger partial charge in [0.2, 0.25) is 5.91 Å². The van der Waals surface area contributed by atoms with E-state index in [0.717, 1.165) is 77.0 Å². The lowest BCUT2D eigenvalue weighted by molar-refractivity contribution is -0.359. The van der Waals surface area contributed by atoms with Gasteiger partial charge in [0.25, 0.3) is 0 Å². The van der Waals surface area contributed by atoms with Crippen LogP contribution in [0.4, 0.5) is 0 Å². The number of hydrogen-bond acceptors (Lipinski definition) is 13. The summed E-state index contributed by atoms with van der Waals surface area (Å²) < 4.78 is 22.8. The molecule has 14 heteroatoms. The van der Waals surface area contributed by atoms with E-state index in [1.54, 1.807) is 6.08 Å². The highest BCUT2D eigenvalue weighted by atomic mass is 16.7. The molecule has 0 aliphatic carbocycles. The van der Waals surface area contributed by atoms with E-state index < -0.39 is 86.8 Å². The Hall–Kier alpha value is -2.57. The third-order valence-electron chi connectivity index (χ3n) is 14.4. The summed E-state index contributed by atoms with van der Waals surface area (Å²) >= 11 is 0. The number of nitrogens with one attached hydrogen (secondary N) is 1. The molecule has 2 aliphatic heterocycles. The van der Waals surface area contributed by atoms with E-state index in [9.17, 15) is 45.6 Å². The molecule has 0 aromatic rings. The first kappa shape index (κ1) is 69.5. The molecule has 0 saturated carbocycles. The maximum atomic E-state index is 13.3. The Morgan fingerprint density at radius 3 is 1.39 bits per heavy atom. The summed E-state index contributed by atoms with van der Waals surface area (Å²) in [5, 5.41) is 87.1. The number of rotatable bonds is 47. The lowest BCUT2D eigenvalue weighted by Crippen LogP contribution is -2.65. The standard InChI is InChI=1S/C62H109NO13/c1-3-5-7-9-11-13-15-17-19-21-22-23-24-25-26-27-28-30-32-34-36-38-40-42-44-46-54(67)63-50(51(66)45-43-41-39-37-35-33-31-29-20-18-16-14-12-10-8-6-4-2)49-73-61-59(72)57(70)60(53(48-65)75-61)76-62-58(71)56(69)55(68)52(47-64)74-62/h5,7,11,13,17,19,22-23,25-26,43,45,50-53,55-62,64-66,68-72H,3-4,6,8-10,12,14-16,18,20-21,24,27-42,44,46-49H2,1-2H3,(H,63,67)/b7-5-,13-11-,19-17-,23-22-,26-25-,45-43+. The SMILES string of the molecule is CC/C=C\C/C=C\C/C=C\C/C=C\C/C=C\CCCCCCCCCCCC(=O)NC(COC1OC(CO)C(OC2OC(CO)C(O)C(O)C2O)C(O)C1O)C(O)/C=C/CCCCCCCCCCCCCCCCC. The van der Waals surface area contributed by atoms with Gasteiger partial charge in [-0.3, -0.25) is 4.79 Å². The van der Waals surface area contributed by atoms with E-state index in [1.807, 2.05) is 6.08 Å². The number of aliphatic hydroxyl groups excluding tert-OH is 8. The van der Waals surface area contributed by atoms with Gasteiger partial charge in [-0.25, -0.2) is 0 Å². The smallest absolute Gasteiger partial charge is 0.220 e. The highest BCUT2D eigenvalue weighted by molar-refractivity contribution is 5.76.